The number of anilines is 1. The second-order valence-electron chi connectivity index (χ2n) is 4.13. The van der Waals surface area contributed by atoms with E-state index < -0.39 is 38.1 Å². The van der Waals surface area contributed by atoms with E-state index in [0.29, 0.717) is 18.9 Å². The fourth-order valence-corrected chi connectivity index (χ4v) is 2.63. The molecule has 0 atom stereocenters. The first-order valence-electron chi connectivity index (χ1n) is 5.76. The number of nitrogen functional groups attached to an aromatic ring is 1. The van der Waals surface area contributed by atoms with E-state index in [-0.39, 0.29) is 13.0 Å². The van der Waals surface area contributed by atoms with Crippen molar-refractivity contribution in [2.75, 3.05) is 12.3 Å². The lowest BCUT2D eigenvalue weighted by molar-refractivity contribution is -0.118. The normalized spacial score (nSPS) is 11.5. The smallest absolute Gasteiger partial charge is 0.243 e. The Bertz CT molecular complexity index is 605. The van der Waals surface area contributed by atoms with E-state index in [0.717, 1.165) is 6.07 Å². The number of primary amides is 1. The van der Waals surface area contributed by atoms with Gasteiger partial charge in [-0.15, -0.1) is 0 Å². The van der Waals surface area contributed by atoms with Crippen molar-refractivity contribution in [3.63, 3.8) is 0 Å². The second kappa shape index (κ2) is 6.62. The molecule has 0 spiro atoms. The molecule has 1 rings (SSSR count). The second-order valence-corrected chi connectivity index (χ2v) is 5.86. The summed E-state index contributed by atoms with van der Waals surface area (Å²) in [5, 5.41) is 0. The summed E-state index contributed by atoms with van der Waals surface area (Å²) in [5.41, 5.74) is 9.68. The number of carbonyl (C=O) groups is 1. The Morgan fingerprint density at radius 1 is 1.20 bits per heavy atom. The van der Waals surface area contributed by atoms with Crippen molar-refractivity contribution in [2.45, 2.75) is 24.2 Å². The summed E-state index contributed by atoms with van der Waals surface area (Å²) in [6, 6.07) is 1.13. The molecule has 20 heavy (non-hydrogen) atoms. The number of amides is 1. The number of benzene rings is 1. The van der Waals surface area contributed by atoms with Crippen LogP contribution in [-0.2, 0) is 14.8 Å². The molecule has 5 N–H and O–H groups in total. The largest absolute Gasteiger partial charge is 0.396 e. The van der Waals surface area contributed by atoms with Crippen LogP contribution in [0.15, 0.2) is 17.0 Å². The lowest BCUT2D eigenvalue weighted by atomic mass is 10.2. The zero-order valence-electron chi connectivity index (χ0n) is 10.5. The summed E-state index contributed by atoms with van der Waals surface area (Å²) >= 11 is 0. The van der Waals surface area contributed by atoms with Gasteiger partial charge in [-0.2, -0.15) is 0 Å². The van der Waals surface area contributed by atoms with E-state index in [1.165, 1.54) is 0 Å². The Labute approximate surface area is 115 Å². The molecule has 0 heterocycles. The van der Waals surface area contributed by atoms with Crippen molar-refractivity contribution in [1.29, 1.82) is 0 Å². The maximum atomic E-state index is 13.4. The van der Waals surface area contributed by atoms with Crippen LogP contribution in [0.2, 0.25) is 0 Å². The summed E-state index contributed by atoms with van der Waals surface area (Å²) in [6.07, 6.45) is 0.909. The standard InChI is InChI=1S/C11H15F2N3O3S/c12-7-5-8(13)10(6-9(7)14)20(18,19)16-4-2-1-3-11(15)17/h5-6,16H,1-4,14H2,(H2,15,17). The summed E-state index contributed by atoms with van der Waals surface area (Å²) < 4.78 is 52.1. The van der Waals surface area contributed by atoms with Gasteiger partial charge in [0.2, 0.25) is 15.9 Å². The summed E-state index contributed by atoms with van der Waals surface area (Å²) in [7, 11) is -4.12. The van der Waals surface area contributed by atoms with Crippen LogP contribution in [0, 0.1) is 11.6 Å². The van der Waals surface area contributed by atoms with Crippen molar-refractivity contribution in [3.8, 4) is 0 Å². The first-order chi connectivity index (χ1) is 9.24. The third kappa shape index (κ3) is 4.42. The molecule has 0 fully saturated rings. The number of rotatable bonds is 7. The maximum absolute atomic E-state index is 13.4. The van der Waals surface area contributed by atoms with Gasteiger partial charge in [0.15, 0.2) is 0 Å². The minimum atomic E-state index is -4.12. The van der Waals surface area contributed by atoms with Crippen LogP contribution in [0.4, 0.5) is 14.5 Å². The third-order valence-corrected chi connectivity index (χ3v) is 3.96. The van der Waals surface area contributed by atoms with Crippen LogP contribution in [-0.4, -0.2) is 20.9 Å². The molecular weight excluding hydrogens is 292 g/mol. The topological polar surface area (TPSA) is 115 Å². The summed E-state index contributed by atoms with van der Waals surface area (Å²) in [4.78, 5) is 9.76. The van der Waals surface area contributed by atoms with E-state index in [4.69, 9.17) is 11.5 Å². The van der Waals surface area contributed by atoms with Crippen molar-refractivity contribution < 1.29 is 22.0 Å². The fourth-order valence-electron chi connectivity index (χ4n) is 1.46. The van der Waals surface area contributed by atoms with Gasteiger partial charge in [-0.25, -0.2) is 21.9 Å². The van der Waals surface area contributed by atoms with Crippen molar-refractivity contribution in [3.05, 3.63) is 23.8 Å². The van der Waals surface area contributed by atoms with E-state index in [9.17, 15) is 22.0 Å². The summed E-state index contributed by atoms with van der Waals surface area (Å²) in [5.74, 6) is -2.73. The van der Waals surface area contributed by atoms with Crippen molar-refractivity contribution >= 4 is 21.6 Å². The number of halogens is 2. The molecule has 0 aliphatic rings. The number of hydrogen-bond donors (Lipinski definition) is 3. The van der Waals surface area contributed by atoms with Gasteiger partial charge in [0.1, 0.15) is 16.5 Å². The molecule has 1 aromatic carbocycles. The Morgan fingerprint density at radius 2 is 1.85 bits per heavy atom. The molecule has 0 radical (unpaired) electrons. The average Bonchev–Trinajstić information content (AvgIpc) is 2.32. The van der Waals surface area contributed by atoms with Crippen molar-refractivity contribution in [2.24, 2.45) is 5.73 Å². The molecule has 0 aliphatic carbocycles. The van der Waals surface area contributed by atoms with Crippen LogP contribution in [0.25, 0.3) is 0 Å². The summed E-state index contributed by atoms with van der Waals surface area (Å²) in [6.45, 7) is 0.00628. The minimum Gasteiger partial charge on any atom is -0.396 e. The molecule has 6 nitrogen and oxygen atoms in total. The molecule has 0 bridgehead atoms. The quantitative estimate of drug-likeness (QED) is 0.502. The maximum Gasteiger partial charge on any atom is 0.243 e. The highest BCUT2D eigenvalue weighted by atomic mass is 32.2. The number of carbonyl (C=O) groups excluding carboxylic acids is 1. The fraction of sp³-hybridized carbons (Fsp3) is 0.364. The first kappa shape index (κ1) is 16.3. The number of sulfonamides is 1. The van der Waals surface area contributed by atoms with Crippen LogP contribution >= 0.6 is 0 Å². The molecular formula is C11H15F2N3O3S. The van der Waals surface area contributed by atoms with E-state index in [1.54, 1.807) is 0 Å². The molecule has 0 saturated heterocycles. The lowest BCUT2D eigenvalue weighted by Gasteiger charge is -2.08. The highest BCUT2D eigenvalue weighted by Crippen LogP contribution is 2.20. The van der Waals surface area contributed by atoms with E-state index in [1.807, 2.05) is 0 Å². The molecule has 0 aromatic heterocycles. The van der Waals surface area contributed by atoms with Crippen LogP contribution < -0.4 is 16.2 Å². The number of nitrogens with one attached hydrogen (secondary N) is 1. The van der Waals surface area contributed by atoms with Gasteiger partial charge in [0.05, 0.1) is 5.69 Å². The van der Waals surface area contributed by atoms with E-state index >= 15 is 0 Å². The predicted molar refractivity (Wildman–Crippen MR) is 69.0 cm³/mol. The van der Waals surface area contributed by atoms with Gasteiger partial charge < -0.3 is 11.5 Å². The molecule has 9 heteroatoms. The molecule has 0 saturated carbocycles. The highest BCUT2D eigenvalue weighted by molar-refractivity contribution is 7.89. The lowest BCUT2D eigenvalue weighted by Crippen LogP contribution is -2.26. The monoisotopic (exact) mass is 307 g/mol. The predicted octanol–water partition coefficient (Wildman–Crippen LogP) is 0.481. The first-order valence-corrected chi connectivity index (χ1v) is 7.25. The Hall–Kier alpha value is -1.74. The zero-order valence-corrected chi connectivity index (χ0v) is 11.3. The SMILES string of the molecule is NC(=O)CCCCNS(=O)(=O)c1cc(N)c(F)cc1F. The molecule has 0 unspecified atom stereocenters. The van der Waals surface area contributed by atoms with Crippen molar-refractivity contribution in [1.82, 2.24) is 4.72 Å². The number of hydrogen-bond acceptors (Lipinski definition) is 4. The van der Waals surface area contributed by atoms with Gasteiger partial charge in [0.25, 0.3) is 0 Å². The Kier molecular flexibility index (Phi) is 5.40. The van der Waals surface area contributed by atoms with Crippen LogP contribution in [0.1, 0.15) is 19.3 Å². The number of nitrogens with two attached hydrogens (primary N) is 2. The molecule has 1 amide bonds. The zero-order chi connectivity index (χ0) is 15.3. The van der Waals surface area contributed by atoms with Gasteiger partial charge in [-0.05, 0) is 18.9 Å². The molecule has 0 aliphatic heterocycles. The van der Waals surface area contributed by atoms with Gasteiger partial charge >= 0.3 is 0 Å². The highest BCUT2D eigenvalue weighted by Gasteiger charge is 2.20. The Morgan fingerprint density at radius 3 is 2.45 bits per heavy atom. The minimum absolute atomic E-state index is 0.00628. The number of unbranched alkanes of at least 4 members (excludes halogenated alkanes) is 1. The van der Waals surface area contributed by atoms with Gasteiger partial charge in [-0.3, -0.25) is 4.79 Å². The molecule has 112 valence electrons. The van der Waals surface area contributed by atoms with Gasteiger partial charge in [0, 0.05) is 19.0 Å². The van der Waals surface area contributed by atoms with E-state index in [2.05, 4.69) is 4.72 Å². The Balaban J connectivity index is 2.70. The van der Waals surface area contributed by atoms with Crippen LogP contribution in [0.5, 0.6) is 0 Å². The average molecular weight is 307 g/mol. The molecule has 1 aromatic rings. The van der Waals surface area contributed by atoms with Crippen LogP contribution in [0.3, 0.4) is 0 Å². The third-order valence-electron chi connectivity index (χ3n) is 2.48. The van der Waals surface area contributed by atoms with Gasteiger partial charge in [-0.1, -0.05) is 0 Å².